The maximum Gasteiger partial charge on any atom is 0.310 e. The Bertz CT molecular complexity index is 3220. The van der Waals surface area contributed by atoms with Gasteiger partial charge in [0.1, 0.15) is 41.1 Å². The number of aromatic nitrogens is 1. The quantitative estimate of drug-likeness (QED) is 0.0166. The SMILES string of the molecule is CCC(C)[C@H](CC(=O)C1CCCCN1C)C(=O)N(C)[C@H](C[C@@H](OC(C)=O)c1nc(C(=O)N[C@@H](Cc2ccc(CC(=O)CCOCCCCC(=O)CC(=O)O)c(NC(=O)CCCNC(=O)C(CCCCNC(=O)COCCOC)CC(=O)CCN3C(=O)CC(SC)C3=O)c2)CC(C)C(=O)O)cs1)C(C)C. The number of ketones is 4. The van der Waals surface area contributed by atoms with Crippen LogP contribution in [0.15, 0.2) is 23.6 Å². The van der Waals surface area contributed by atoms with Crippen molar-refractivity contribution in [1.82, 2.24) is 35.6 Å². The smallest absolute Gasteiger partial charge is 0.310 e. The molecule has 2 fully saturated rings. The molecule has 0 spiro atoms. The van der Waals surface area contributed by atoms with Gasteiger partial charge in [0.25, 0.3) is 5.91 Å². The molecule has 0 saturated carbocycles. The molecule has 28 nitrogen and oxygen atoms in total. The number of esters is 1. The molecule has 9 atom stereocenters. The zero-order chi connectivity index (χ0) is 77.0. The molecule has 1 aromatic heterocycles. The Balaban J connectivity index is 1.54. The van der Waals surface area contributed by atoms with Crippen LogP contribution in [0.3, 0.4) is 0 Å². The number of imide groups is 1. The zero-order valence-electron chi connectivity index (χ0n) is 62.4. The highest BCUT2D eigenvalue weighted by Gasteiger charge is 2.40. The van der Waals surface area contributed by atoms with E-state index < -0.39 is 89.0 Å². The molecule has 0 bridgehead atoms. The number of methoxy groups -OCH3 is 1. The number of piperidine rings is 1. The topological polar surface area (TPSA) is 387 Å². The van der Waals surface area contributed by atoms with Crippen molar-refractivity contribution in [1.29, 1.82) is 0 Å². The largest absolute Gasteiger partial charge is 0.481 e. The minimum Gasteiger partial charge on any atom is -0.481 e. The first kappa shape index (κ1) is 89.0. The summed E-state index contributed by atoms with van der Waals surface area (Å²) in [6, 6.07) is 3.37. The fourth-order valence-electron chi connectivity index (χ4n) is 12.7. The summed E-state index contributed by atoms with van der Waals surface area (Å²) in [5, 5.41) is 31.7. The number of carbonyl (C=O) groups excluding carboxylic acids is 12. The molecule has 30 heteroatoms. The number of unbranched alkanes of at least 4 members (excludes halogenated alkanes) is 2. The van der Waals surface area contributed by atoms with E-state index in [-0.39, 0.29) is 205 Å². The number of hydrogen-bond donors (Lipinski definition) is 6. The van der Waals surface area contributed by atoms with Gasteiger partial charge < -0.3 is 55.3 Å². The number of ether oxygens (including phenoxy) is 4. The number of likely N-dealkylation sites (N-methyl/N-ethyl adjacent to an activating group) is 1. The van der Waals surface area contributed by atoms with Crippen LogP contribution in [0.5, 0.6) is 0 Å². The molecular weight excluding hydrogens is 1380 g/mol. The zero-order valence-corrected chi connectivity index (χ0v) is 64.0. The minimum atomic E-state index is -1.20. The van der Waals surface area contributed by atoms with Crippen LogP contribution in [0.25, 0.3) is 0 Å². The molecule has 7 amide bonds. The molecule has 6 N–H and O–H groups in total. The van der Waals surface area contributed by atoms with Crippen LogP contribution in [0.2, 0.25) is 0 Å². The van der Waals surface area contributed by atoms with Crippen LogP contribution in [-0.4, -0.2) is 222 Å². The first-order valence-corrected chi connectivity index (χ1v) is 38.5. The van der Waals surface area contributed by atoms with E-state index in [0.29, 0.717) is 49.8 Å². The monoisotopic (exact) mass is 1500 g/mol. The second-order valence-electron chi connectivity index (χ2n) is 27.6. The number of benzene rings is 1. The second kappa shape index (κ2) is 47.2. The number of carbonyl (C=O) groups is 14. The van der Waals surface area contributed by atoms with Gasteiger partial charge in [0, 0.05) is 140 Å². The number of nitrogens with zero attached hydrogens (tertiary/aromatic N) is 4. The Morgan fingerprint density at radius 2 is 1.56 bits per heavy atom. The van der Waals surface area contributed by atoms with Gasteiger partial charge in [0.15, 0.2) is 11.9 Å². The highest BCUT2D eigenvalue weighted by Crippen LogP contribution is 2.34. The second-order valence-corrected chi connectivity index (χ2v) is 29.6. The number of rotatable bonds is 53. The van der Waals surface area contributed by atoms with Crippen molar-refractivity contribution in [3.05, 3.63) is 45.4 Å². The van der Waals surface area contributed by atoms with Crippen molar-refractivity contribution < 1.29 is 96.3 Å². The molecule has 1 aromatic carbocycles. The first-order valence-electron chi connectivity index (χ1n) is 36.4. The Hall–Kier alpha value is -7.38. The number of likely N-dealkylation sites (tertiary alicyclic amines) is 2. The molecular formula is C74H112N8O20S2. The maximum atomic E-state index is 14.6. The van der Waals surface area contributed by atoms with Gasteiger partial charge in [-0.1, -0.05) is 66.0 Å². The van der Waals surface area contributed by atoms with Crippen molar-refractivity contribution in [2.75, 3.05) is 92.0 Å². The summed E-state index contributed by atoms with van der Waals surface area (Å²) >= 11 is 2.33. The van der Waals surface area contributed by atoms with Crippen molar-refractivity contribution in [3.63, 3.8) is 0 Å². The van der Waals surface area contributed by atoms with Crippen LogP contribution in [-0.2, 0) is 94.1 Å². The van der Waals surface area contributed by atoms with Crippen molar-refractivity contribution in [2.24, 2.45) is 29.6 Å². The molecule has 4 rings (SSSR count). The van der Waals surface area contributed by atoms with Crippen LogP contribution >= 0.6 is 23.1 Å². The molecule has 0 aliphatic carbocycles. The normalized spacial score (nSPS) is 16.7. The number of aliphatic carboxylic acids is 2. The fourth-order valence-corrected chi connectivity index (χ4v) is 14.2. The molecule has 2 aliphatic heterocycles. The fraction of sp³-hybridized carbons (Fsp3) is 0.689. The van der Waals surface area contributed by atoms with E-state index in [1.54, 1.807) is 36.4 Å². The first-order chi connectivity index (χ1) is 49.5. The van der Waals surface area contributed by atoms with Crippen LogP contribution in [0.1, 0.15) is 203 Å². The van der Waals surface area contributed by atoms with Crippen molar-refractivity contribution in [2.45, 2.75) is 212 Å². The third-order valence-electron chi connectivity index (χ3n) is 19.0. The predicted molar refractivity (Wildman–Crippen MR) is 390 cm³/mol. The average Bonchev–Trinajstić information content (AvgIpc) is 1.05. The Kier molecular flexibility index (Phi) is 40.4. The Morgan fingerprint density at radius 1 is 0.817 bits per heavy atom. The standard InChI is InChI=1S/C74H112N8O20S2/c1-11-47(4)57(41-62(87)60-21-13-16-29-80(60)7)72(95)81(8)61(46(2)3)42-63(102-49(6)83)71-79-59(45-104-71)70(94)77-53(35-48(5)74(97)98)36-50-23-24-51(38-56(86)26-32-100-31-17-14-20-54(84)40-68(91)92)58(37-50)78-65(88)22-18-28-76-69(93)52(19-12-15-27-75-66(89)44-101-34-33-99-9)39-55(85)25-30-82-67(90)43-64(103-10)73(82)96/h23-24,37,45-48,52-53,57,60-61,63-64H,11-22,25-36,38-44H2,1-10H3,(H,75,89)(H,76,93)(H,77,94)(H,78,88)(H,91,92)(H,97,98)/t47?,48?,52?,53-,57+,60?,61-,63-,64?/m1/s1. The van der Waals surface area contributed by atoms with Crippen LogP contribution in [0.4, 0.5) is 5.69 Å². The van der Waals surface area contributed by atoms with E-state index >= 15 is 0 Å². The minimum absolute atomic E-state index is 0.0134. The lowest BCUT2D eigenvalue weighted by Crippen LogP contribution is -2.48. The number of anilines is 1. The lowest BCUT2D eigenvalue weighted by molar-refractivity contribution is -0.150. The number of hydrogen-bond acceptors (Lipinski definition) is 22. The van der Waals surface area contributed by atoms with E-state index in [4.69, 9.17) is 24.1 Å². The summed E-state index contributed by atoms with van der Waals surface area (Å²) in [6.45, 7) is 12.3. The van der Waals surface area contributed by atoms with Gasteiger partial charge in [-0.15, -0.1) is 11.3 Å². The van der Waals surface area contributed by atoms with Gasteiger partial charge in [-0.2, -0.15) is 11.8 Å². The number of amides is 7. The van der Waals surface area contributed by atoms with E-state index in [0.717, 1.165) is 42.0 Å². The molecule has 2 saturated heterocycles. The Labute approximate surface area is 619 Å². The van der Waals surface area contributed by atoms with E-state index in [1.807, 2.05) is 34.7 Å². The molecule has 5 unspecified atom stereocenters. The van der Waals surface area contributed by atoms with Crippen LogP contribution < -0.4 is 21.3 Å². The summed E-state index contributed by atoms with van der Waals surface area (Å²) < 4.78 is 21.7. The van der Waals surface area contributed by atoms with E-state index in [9.17, 15) is 72.2 Å². The van der Waals surface area contributed by atoms with E-state index in [2.05, 4.69) is 31.2 Å². The highest BCUT2D eigenvalue weighted by molar-refractivity contribution is 8.00. The third-order valence-corrected chi connectivity index (χ3v) is 20.9. The lowest BCUT2D eigenvalue weighted by atomic mass is 9.83. The number of carboxylic acid groups (broad SMARTS) is 2. The van der Waals surface area contributed by atoms with Gasteiger partial charge in [-0.3, -0.25) is 76.9 Å². The number of thioether (sulfide) groups is 1. The summed E-state index contributed by atoms with van der Waals surface area (Å²) in [7, 11) is 5.16. The molecule has 104 heavy (non-hydrogen) atoms. The summed E-state index contributed by atoms with van der Waals surface area (Å²) in [6.07, 6.45) is 5.38. The van der Waals surface area contributed by atoms with Gasteiger partial charge in [0.2, 0.25) is 35.4 Å². The predicted octanol–water partition coefficient (Wildman–Crippen LogP) is 7.15. The summed E-state index contributed by atoms with van der Waals surface area (Å²) in [5.74, 6) is -9.39. The molecule has 580 valence electrons. The van der Waals surface area contributed by atoms with E-state index in [1.165, 1.54) is 38.1 Å². The third kappa shape index (κ3) is 31.7. The van der Waals surface area contributed by atoms with Gasteiger partial charge in [0.05, 0.1) is 37.0 Å². The average molecular weight is 1500 g/mol. The van der Waals surface area contributed by atoms with Crippen LogP contribution in [0, 0.1) is 29.6 Å². The molecule has 3 heterocycles. The highest BCUT2D eigenvalue weighted by atomic mass is 32.2. The molecule has 0 radical (unpaired) electrons. The number of thiazole rings is 1. The van der Waals surface area contributed by atoms with Crippen molar-refractivity contribution >= 4 is 111 Å². The van der Waals surface area contributed by atoms with Gasteiger partial charge in [-0.25, -0.2) is 4.98 Å². The maximum absolute atomic E-state index is 14.6. The number of carboxylic acids is 2. The molecule has 2 aromatic rings. The lowest BCUT2D eigenvalue weighted by Gasteiger charge is -2.37. The summed E-state index contributed by atoms with van der Waals surface area (Å²) in [4.78, 5) is 192. The molecule has 2 aliphatic rings. The Morgan fingerprint density at radius 3 is 2.22 bits per heavy atom. The number of Topliss-reactive ketones (excluding diaryl/α,β-unsaturated/α-hetero) is 4. The van der Waals surface area contributed by atoms with Crippen molar-refractivity contribution in [3.8, 4) is 0 Å². The summed E-state index contributed by atoms with van der Waals surface area (Å²) in [5.41, 5.74) is 1.14. The van der Waals surface area contributed by atoms with Gasteiger partial charge >= 0.3 is 17.9 Å². The van der Waals surface area contributed by atoms with Gasteiger partial charge in [-0.05, 0) is 107 Å². The number of nitrogens with one attached hydrogen (secondary N) is 4.